The van der Waals surface area contributed by atoms with E-state index in [1.807, 2.05) is 32.0 Å². The van der Waals surface area contributed by atoms with Crippen molar-refractivity contribution >= 4 is 27.5 Å². The van der Waals surface area contributed by atoms with Crippen molar-refractivity contribution in [1.29, 1.82) is 0 Å². The molecule has 0 radical (unpaired) electrons. The number of hydrogen-bond donors (Lipinski definition) is 1. The van der Waals surface area contributed by atoms with Gasteiger partial charge in [-0.05, 0) is 31.0 Å². The third kappa shape index (κ3) is 5.33. The second-order valence-corrected chi connectivity index (χ2v) is 4.73. The van der Waals surface area contributed by atoms with Crippen LogP contribution in [0.25, 0.3) is 0 Å². The zero-order valence-electron chi connectivity index (χ0n) is 10.3. The Morgan fingerprint density at radius 2 is 2.18 bits per heavy atom. The average molecular weight is 300 g/mol. The number of carbonyl (C=O) groups excluding carboxylic acids is 1. The van der Waals surface area contributed by atoms with Crippen LogP contribution >= 0.6 is 15.9 Å². The molecule has 1 rings (SSSR count). The second-order valence-electron chi connectivity index (χ2n) is 3.87. The molecule has 4 heteroatoms. The largest absolute Gasteiger partial charge is 0.381 e. The van der Waals surface area contributed by atoms with Gasteiger partial charge in [-0.1, -0.05) is 28.9 Å². The first kappa shape index (κ1) is 14.2. The number of aryl methyl sites for hydroxylation is 1. The summed E-state index contributed by atoms with van der Waals surface area (Å²) in [5, 5.41) is 2.84. The second kappa shape index (κ2) is 7.45. The van der Waals surface area contributed by atoms with E-state index in [1.165, 1.54) is 0 Å². The number of amides is 1. The van der Waals surface area contributed by atoms with Crippen molar-refractivity contribution in [3.63, 3.8) is 0 Å². The lowest BCUT2D eigenvalue weighted by atomic mass is 10.2. The molecule has 0 atom stereocenters. The SMILES string of the molecule is CCCOCCC(=O)Nc1ccc(C)c(Br)c1. The van der Waals surface area contributed by atoms with Gasteiger partial charge in [0.05, 0.1) is 13.0 Å². The molecule has 0 saturated carbocycles. The van der Waals surface area contributed by atoms with Crippen LogP contribution in [0.4, 0.5) is 5.69 Å². The molecule has 94 valence electrons. The Hall–Kier alpha value is -0.870. The molecule has 0 bridgehead atoms. The highest BCUT2D eigenvalue weighted by Crippen LogP contribution is 2.20. The molecule has 1 aromatic carbocycles. The molecule has 1 amide bonds. The Kier molecular flexibility index (Phi) is 6.22. The van der Waals surface area contributed by atoms with Crippen molar-refractivity contribution in [2.75, 3.05) is 18.5 Å². The molecule has 0 fully saturated rings. The van der Waals surface area contributed by atoms with Crippen LogP contribution in [0.3, 0.4) is 0 Å². The summed E-state index contributed by atoms with van der Waals surface area (Å²) in [4.78, 5) is 11.6. The van der Waals surface area contributed by atoms with E-state index in [2.05, 4.69) is 21.2 Å². The van der Waals surface area contributed by atoms with Crippen molar-refractivity contribution in [2.45, 2.75) is 26.7 Å². The highest BCUT2D eigenvalue weighted by Gasteiger charge is 2.03. The first-order chi connectivity index (χ1) is 8.13. The minimum atomic E-state index is -0.0168. The van der Waals surface area contributed by atoms with Gasteiger partial charge in [0.2, 0.25) is 5.91 Å². The fourth-order valence-corrected chi connectivity index (χ4v) is 1.68. The zero-order valence-corrected chi connectivity index (χ0v) is 11.8. The number of carbonyl (C=O) groups is 1. The van der Waals surface area contributed by atoms with Gasteiger partial charge in [0.1, 0.15) is 0 Å². The van der Waals surface area contributed by atoms with E-state index in [9.17, 15) is 4.79 Å². The van der Waals surface area contributed by atoms with Crippen molar-refractivity contribution in [3.05, 3.63) is 28.2 Å². The summed E-state index contributed by atoms with van der Waals surface area (Å²) >= 11 is 3.43. The van der Waals surface area contributed by atoms with Crippen molar-refractivity contribution in [3.8, 4) is 0 Å². The topological polar surface area (TPSA) is 38.3 Å². The lowest BCUT2D eigenvalue weighted by Gasteiger charge is -2.07. The number of ether oxygens (including phenoxy) is 1. The Bertz CT molecular complexity index is 380. The molecule has 1 aromatic rings. The first-order valence-corrected chi connectivity index (χ1v) is 6.56. The van der Waals surface area contributed by atoms with E-state index in [0.29, 0.717) is 19.6 Å². The Morgan fingerprint density at radius 1 is 1.41 bits per heavy atom. The number of hydrogen-bond acceptors (Lipinski definition) is 2. The molecule has 0 aliphatic rings. The number of halogens is 1. The quantitative estimate of drug-likeness (QED) is 0.816. The average Bonchev–Trinajstić information content (AvgIpc) is 2.30. The summed E-state index contributed by atoms with van der Waals surface area (Å²) in [6, 6.07) is 5.76. The van der Waals surface area contributed by atoms with Gasteiger partial charge < -0.3 is 10.1 Å². The Labute approximate surface area is 111 Å². The molecule has 0 unspecified atom stereocenters. The minimum absolute atomic E-state index is 0.0168. The predicted molar refractivity (Wildman–Crippen MR) is 73.2 cm³/mol. The lowest BCUT2D eigenvalue weighted by Crippen LogP contribution is -2.14. The van der Waals surface area contributed by atoms with E-state index < -0.39 is 0 Å². The van der Waals surface area contributed by atoms with E-state index in [-0.39, 0.29) is 5.91 Å². The zero-order chi connectivity index (χ0) is 12.7. The smallest absolute Gasteiger partial charge is 0.226 e. The normalized spacial score (nSPS) is 10.3. The molecule has 3 nitrogen and oxygen atoms in total. The molecule has 0 aliphatic heterocycles. The highest BCUT2D eigenvalue weighted by atomic mass is 79.9. The number of benzene rings is 1. The maximum absolute atomic E-state index is 11.6. The summed E-state index contributed by atoms with van der Waals surface area (Å²) in [5.41, 5.74) is 1.96. The molecule has 0 aliphatic carbocycles. The van der Waals surface area contributed by atoms with Gasteiger partial charge >= 0.3 is 0 Å². The summed E-state index contributed by atoms with van der Waals surface area (Å²) in [7, 11) is 0. The Balaban J connectivity index is 2.37. The number of rotatable bonds is 6. The van der Waals surface area contributed by atoms with Crippen LogP contribution in [-0.2, 0) is 9.53 Å². The molecular formula is C13H18BrNO2. The molecule has 0 saturated heterocycles. The van der Waals surface area contributed by atoms with Crippen molar-refractivity contribution < 1.29 is 9.53 Å². The van der Waals surface area contributed by atoms with Gasteiger partial charge in [-0.3, -0.25) is 4.79 Å². The molecule has 0 heterocycles. The lowest BCUT2D eigenvalue weighted by molar-refractivity contribution is -0.117. The van der Waals surface area contributed by atoms with Crippen LogP contribution in [0, 0.1) is 6.92 Å². The summed E-state index contributed by atoms with van der Waals surface area (Å²) in [6.07, 6.45) is 1.37. The molecule has 17 heavy (non-hydrogen) atoms. The summed E-state index contributed by atoms with van der Waals surface area (Å²) < 4.78 is 6.26. The minimum Gasteiger partial charge on any atom is -0.381 e. The first-order valence-electron chi connectivity index (χ1n) is 5.77. The van der Waals surface area contributed by atoms with Crippen LogP contribution in [0.1, 0.15) is 25.3 Å². The third-order valence-corrected chi connectivity index (χ3v) is 3.13. The van der Waals surface area contributed by atoms with E-state index >= 15 is 0 Å². The fourth-order valence-electron chi connectivity index (χ4n) is 1.31. The summed E-state index contributed by atoms with van der Waals surface area (Å²) in [5.74, 6) is -0.0168. The van der Waals surface area contributed by atoms with Gasteiger partial charge in [0, 0.05) is 16.8 Å². The monoisotopic (exact) mass is 299 g/mol. The number of anilines is 1. The molecule has 0 aromatic heterocycles. The molecule has 1 N–H and O–H groups in total. The van der Waals surface area contributed by atoms with E-state index in [0.717, 1.165) is 22.1 Å². The standard InChI is InChI=1S/C13H18BrNO2/c1-3-7-17-8-6-13(16)15-11-5-4-10(2)12(14)9-11/h4-5,9H,3,6-8H2,1-2H3,(H,15,16). The van der Waals surface area contributed by atoms with Crippen LogP contribution in [0.15, 0.2) is 22.7 Å². The maximum Gasteiger partial charge on any atom is 0.226 e. The maximum atomic E-state index is 11.6. The third-order valence-electron chi connectivity index (χ3n) is 2.28. The van der Waals surface area contributed by atoms with E-state index in [4.69, 9.17) is 4.74 Å². The van der Waals surface area contributed by atoms with Crippen LogP contribution in [0.5, 0.6) is 0 Å². The number of nitrogens with one attached hydrogen (secondary N) is 1. The van der Waals surface area contributed by atoms with E-state index in [1.54, 1.807) is 0 Å². The van der Waals surface area contributed by atoms with Crippen LogP contribution in [-0.4, -0.2) is 19.1 Å². The predicted octanol–water partition coefficient (Wildman–Crippen LogP) is 3.51. The molecular weight excluding hydrogens is 282 g/mol. The highest BCUT2D eigenvalue weighted by molar-refractivity contribution is 9.10. The van der Waals surface area contributed by atoms with Gasteiger partial charge in [-0.25, -0.2) is 0 Å². The van der Waals surface area contributed by atoms with Crippen LogP contribution in [0.2, 0.25) is 0 Å². The van der Waals surface area contributed by atoms with Gasteiger partial charge in [-0.15, -0.1) is 0 Å². The van der Waals surface area contributed by atoms with Gasteiger partial charge in [-0.2, -0.15) is 0 Å². The van der Waals surface area contributed by atoms with Crippen molar-refractivity contribution in [1.82, 2.24) is 0 Å². The molecule has 0 spiro atoms. The summed E-state index contributed by atoms with van der Waals surface area (Å²) in [6.45, 7) is 5.24. The fraction of sp³-hybridized carbons (Fsp3) is 0.462. The Morgan fingerprint density at radius 3 is 2.82 bits per heavy atom. The van der Waals surface area contributed by atoms with Crippen molar-refractivity contribution in [2.24, 2.45) is 0 Å². The van der Waals surface area contributed by atoms with Gasteiger partial charge in [0.15, 0.2) is 0 Å². The van der Waals surface area contributed by atoms with Gasteiger partial charge in [0.25, 0.3) is 0 Å². The van der Waals surface area contributed by atoms with Crippen LogP contribution < -0.4 is 5.32 Å².